The summed E-state index contributed by atoms with van der Waals surface area (Å²) in [6, 6.07) is 15.3. The van der Waals surface area contributed by atoms with E-state index in [-0.39, 0.29) is 5.91 Å². The topological polar surface area (TPSA) is 50.6 Å². The number of nitrogens with zero attached hydrogens (tertiary/aromatic N) is 4. The van der Waals surface area contributed by atoms with Crippen LogP contribution in [-0.4, -0.2) is 46.1 Å². The van der Waals surface area contributed by atoms with Gasteiger partial charge in [-0.05, 0) is 57.4 Å². The Hall–Kier alpha value is -3.12. The van der Waals surface area contributed by atoms with Crippen LogP contribution in [-0.2, 0) is 19.6 Å². The summed E-state index contributed by atoms with van der Waals surface area (Å²) in [5.41, 5.74) is 4.16. The van der Waals surface area contributed by atoms with E-state index in [0.717, 1.165) is 30.3 Å². The summed E-state index contributed by atoms with van der Waals surface area (Å²) in [5.74, 6) is 1.54. The van der Waals surface area contributed by atoms with Gasteiger partial charge >= 0.3 is 0 Å². The van der Waals surface area contributed by atoms with Crippen molar-refractivity contribution in [1.82, 2.24) is 19.6 Å². The van der Waals surface area contributed by atoms with Crippen molar-refractivity contribution in [2.24, 2.45) is 0 Å². The van der Waals surface area contributed by atoms with Crippen LogP contribution < -0.4 is 4.74 Å². The number of ether oxygens (including phenoxy) is 1. The molecule has 0 unspecified atom stereocenters. The fourth-order valence-corrected chi connectivity index (χ4v) is 3.54. The van der Waals surface area contributed by atoms with Gasteiger partial charge in [-0.1, -0.05) is 17.7 Å². The van der Waals surface area contributed by atoms with E-state index in [2.05, 4.69) is 10.00 Å². The number of aryl methyl sites for hydroxylation is 1. The molecule has 6 heteroatoms. The molecule has 0 atom stereocenters. The molecule has 1 aromatic heterocycles. The van der Waals surface area contributed by atoms with Gasteiger partial charge in [0.25, 0.3) is 5.91 Å². The van der Waals surface area contributed by atoms with Gasteiger partial charge in [-0.3, -0.25) is 9.48 Å². The molecule has 0 spiro atoms. The van der Waals surface area contributed by atoms with Crippen molar-refractivity contribution in [2.75, 3.05) is 20.6 Å². The summed E-state index contributed by atoms with van der Waals surface area (Å²) in [4.78, 5) is 17.0. The molecule has 4 rings (SSSR count). The summed E-state index contributed by atoms with van der Waals surface area (Å²) in [6.45, 7) is 4.84. The molecule has 0 bridgehead atoms. The number of carbonyl (C=O) groups is 1. The van der Waals surface area contributed by atoms with Gasteiger partial charge in [0.1, 0.15) is 11.5 Å². The summed E-state index contributed by atoms with van der Waals surface area (Å²) in [7, 11) is 4.08. The Morgan fingerprint density at radius 2 is 1.69 bits per heavy atom. The summed E-state index contributed by atoms with van der Waals surface area (Å²) < 4.78 is 7.88. The maximum atomic E-state index is 13.0. The highest BCUT2D eigenvalue weighted by atomic mass is 16.5. The first kappa shape index (κ1) is 19.2. The zero-order valence-electron chi connectivity index (χ0n) is 17.1. The average molecular weight is 390 g/mol. The molecule has 0 saturated heterocycles. The summed E-state index contributed by atoms with van der Waals surface area (Å²) in [6.07, 6.45) is 1.92. The van der Waals surface area contributed by atoms with Crippen molar-refractivity contribution >= 4 is 5.91 Å². The highest BCUT2D eigenvalue weighted by Crippen LogP contribution is 2.24. The van der Waals surface area contributed by atoms with Crippen LogP contribution in [0.3, 0.4) is 0 Å². The second-order valence-electron chi connectivity index (χ2n) is 7.74. The summed E-state index contributed by atoms with van der Waals surface area (Å²) in [5, 5.41) is 4.47. The Balaban J connectivity index is 1.44. The van der Waals surface area contributed by atoms with Crippen molar-refractivity contribution in [2.45, 2.75) is 26.6 Å². The average Bonchev–Trinajstić information content (AvgIpc) is 3.11. The van der Waals surface area contributed by atoms with Gasteiger partial charge in [0, 0.05) is 24.2 Å². The first-order valence-electron chi connectivity index (χ1n) is 9.82. The van der Waals surface area contributed by atoms with Crippen LogP contribution in [0.25, 0.3) is 0 Å². The standard InChI is InChI=1S/C23H26N4O2/c1-17-4-8-20(9-5-17)29-21-10-6-18(7-11-21)23(28)26-12-13-27-22(16-26)19(14-24-27)15-25(2)3/h4-11,14H,12-13,15-16H2,1-3H3. The summed E-state index contributed by atoms with van der Waals surface area (Å²) >= 11 is 0. The molecule has 0 saturated carbocycles. The number of fused-ring (bicyclic) bond motifs is 1. The molecular weight excluding hydrogens is 364 g/mol. The Kier molecular flexibility index (Phi) is 5.36. The molecule has 0 fully saturated rings. The van der Waals surface area contributed by atoms with Crippen molar-refractivity contribution in [3.05, 3.63) is 77.1 Å². The fourth-order valence-electron chi connectivity index (χ4n) is 3.54. The van der Waals surface area contributed by atoms with E-state index in [4.69, 9.17) is 4.74 Å². The van der Waals surface area contributed by atoms with Crippen LogP contribution in [0.4, 0.5) is 0 Å². The minimum absolute atomic E-state index is 0.0372. The van der Waals surface area contributed by atoms with E-state index < -0.39 is 0 Å². The second kappa shape index (κ2) is 8.09. The Morgan fingerprint density at radius 1 is 1.03 bits per heavy atom. The molecule has 6 nitrogen and oxygen atoms in total. The highest BCUT2D eigenvalue weighted by molar-refractivity contribution is 5.94. The number of hydrogen-bond donors (Lipinski definition) is 0. The molecule has 1 amide bonds. The number of aromatic nitrogens is 2. The molecule has 0 radical (unpaired) electrons. The molecule has 29 heavy (non-hydrogen) atoms. The first-order valence-corrected chi connectivity index (χ1v) is 9.82. The lowest BCUT2D eigenvalue weighted by Crippen LogP contribution is -2.39. The molecule has 1 aliphatic heterocycles. The lowest BCUT2D eigenvalue weighted by molar-refractivity contribution is 0.0705. The van der Waals surface area contributed by atoms with Crippen molar-refractivity contribution in [1.29, 1.82) is 0 Å². The van der Waals surface area contributed by atoms with Gasteiger partial charge in [-0.25, -0.2) is 0 Å². The number of carbonyl (C=O) groups excluding carboxylic acids is 1. The first-order chi connectivity index (χ1) is 14.0. The number of benzene rings is 2. The van der Waals surface area contributed by atoms with Gasteiger partial charge in [-0.15, -0.1) is 0 Å². The SMILES string of the molecule is Cc1ccc(Oc2ccc(C(=O)N3CCn4ncc(CN(C)C)c4C3)cc2)cc1. The van der Waals surface area contributed by atoms with Gasteiger partial charge < -0.3 is 14.5 Å². The molecule has 150 valence electrons. The monoisotopic (exact) mass is 390 g/mol. The Morgan fingerprint density at radius 3 is 2.34 bits per heavy atom. The smallest absolute Gasteiger partial charge is 0.254 e. The van der Waals surface area contributed by atoms with Crippen molar-refractivity contribution in [3.8, 4) is 11.5 Å². The largest absolute Gasteiger partial charge is 0.457 e. The van der Waals surface area contributed by atoms with Crippen molar-refractivity contribution < 1.29 is 9.53 Å². The van der Waals surface area contributed by atoms with Crippen LogP contribution in [0.15, 0.2) is 54.7 Å². The van der Waals surface area contributed by atoms with Crippen LogP contribution >= 0.6 is 0 Å². The molecule has 1 aliphatic rings. The molecular formula is C23H26N4O2. The third-order valence-electron chi connectivity index (χ3n) is 5.09. The maximum Gasteiger partial charge on any atom is 0.254 e. The molecule has 2 heterocycles. The molecule has 0 N–H and O–H groups in total. The Bertz CT molecular complexity index is 991. The minimum atomic E-state index is 0.0372. The van der Waals surface area contributed by atoms with E-state index >= 15 is 0 Å². The lowest BCUT2D eigenvalue weighted by atomic mass is 10.1. The third-order valence-corrected chi connectivity index (χ3v) is 5.09. The van der Waals surface area contributed by atoms with Gasteiger partial charge in [0.15, 0.2) is 0 Å². The van der Waals surface area contributed by atoms with E-state index in [1.54, 1.807) is 0 Å². The van der Waals surface area contributed by atoms with Crippen LogP contribution in [0, 0.1) is 6.92 Å². The fraction of sp³-hybridized carbons (Fsp3) is 0.304. The predicted octanol–water partition coefficient (Wildman–Crippen LogP) is 3.70. The van der Waals surface area contributed by atoms with Crippen LogP contribution in [0.5, 0.6) is 11.5 Å². The van der Waals surface area contributed by atoms with Gasteiger partial charge in [-0.2, -0.15) is 5.10 Å². The minimum Gasteiger partial charge on any atom is -0.457 e. The second-order valence-corrected chi connectivity index (χ2v) is 7.74. The van der Waals surface area contributed by atoms with Gasteiger partial charge in [0.2, 0.25) is 0 Å². The number of rotatable bonds is 5. The van der Waals surface area contributed by atoms with E-state index in [9.17, 15) is 4.79 Å². The predicted molar refractivity (Wildman–Crippen MR) is 112 cm³/mol. The highest BCUT2D eigenvalue weighted by Gasteiger charge is 2.24. The zero-order valence-corrected chi connectivity index (χ0v) is 17.1. The molecule has 3 aromatic rings. The van der Waals surface area contributed by atoms with E-state index in [1.165, 1.54) is 11.1 Å². The van der Waals surface area contributed by atoms with Crippen LogP contribution in [0.1, 0.15) is 27.2 Å². The van der Waals surface area contributed by atoms with Crippen molar-refractivity contribution in [3.63, 3.8) is 0 Å². The molecule has 0 aliphatic carbocycles. The van der Waals surface area contributed by atoms with Gasteiger partial charge in [0.05, 0.1) is 25.0 Å². The third kappa shape index (κ3) is 4.32. The van der Waals surface area contributed by atoms with E-state index in [0.29, 0.717) is 18.7 Å². The zero-order chi connectivity index (χ0) is 20.4. The maximum absolute atomic E-state index is 13.0. The quantitative estimate of drug-likeness (QED) is 0.667. The Labute approximate surface area is 171 Å². The lowest BCUT2D eigenvalue weighted by Gasteiger charge is -2.29. The number of hydrogen-bond acceptors (Lipinski definition) is 4. The normalized spacial score (nSPS) is 13.4. The number of amides is 1. The van der Waals surface area contributed by atoms with E-state index in [1.807, 2.05) is 85.3 Å². The van der Waals surface area contributed by atoms with Crippen LogP contribution in [0.2, 0.25) is 0 Å². The molecule has 2 aromatic carbocycles.